The molecular weight excluding hydrogens is 551 g/mol. The molecule has 0 atom stereocenters. The van der Waals surface area contributed by atoms with Gasteiger partial charge in [0.2, 0.25) is 5.91 Å². The van der Waals surface area contributed by atoms with Crippen LogP contribution >= 0.6 is 35.3 Å². The minimum atomic E-state index is -0.528. The van der Waals surface area contributed by atoms with Crippen LogP contribution in [0.15, 0.2) is 82.7 Å². The first-order valence-corrected chi connectivity index (χ1v) is 13.3. The first-order valence-electron chi connectivity index (χ1n) is 11.1. The third kappa shape index (κ3) is 5.10. The zero-order valence-electron chi connectivity index (χ0n) is 19.7. The predicted molar refractivity (Wildman–Crippen MR) is 148 cm³/mol. The number of hydrogen-bond donors (Lipinski definition) is 1. The Morgan fingerprint density at radius 2 is 1.84 bits per heavy atom. The smallest absolute Gasteiger partial charge is 0.278 e. The average Bonchev–Trinajstić information content (AvgIpc) is 3.24. The monoisotopic (exact) mass is 568 g/mol. The minimum absolute atomic E-state index is 0.0963. The van der Waals surface area contributed by atoms with Gasteiger partial charge >= 0.3 is 0 Å². The number of ether oxygens (including phenoxy) is 1. The fourth-order valence-corrected chi connectivity index (χ4v) is 5.82. The maximum Gasteiger partial charge on any atom is 0.278 e. The molecular formula is C26H18F2N4O3S3. The highest BCUT2D eigenvalue weighted by atomic mass is 32.2. The van der Waals surface area contributed by atoms with Crippen LogP contribution in [-0.2, 0) is 4.79 Å². The summed E-state index contributed by atoms with van der Waals surface area (Å²) in [6, 6.07) is 18.3. The van der Waals surface area contributed by atoms with E-state index in [0.29, 0.717) is 17.1 Å². The summed E-state index contributed by atoms with van der Waals surface area (Å²) < 4.78 is 36.6. The van der Waals surface area contributed by atoms with Gasteiger partial charge in [-0.25, -0.2) is 13.8 Å². The van der Waals surface area contributed by atoms with Gasteiger partial charge in [0, 0.05) is 11.8 Å². The third-order valence-corrected chi connectivity index (χ3v) is 7.73. The van der Waals surface area contributed by atoms with Gasteiger partial charge in [0.1, 0.15) is 22.1 Å². The normalized spacial score (nSPS) is 11.0. The standard InChI is InChI=1S/C26H18F2N4O3S3/c1-35-18-6-4-5-16(13-18)29-21(33)14-37-25-30-23-22(24(34)31(25)17-11-9-15(27)10-12-17)38-26(36)32(23)20-8-3-2-7-19(20)28/h2-13H,14H2,1H3,(H,29,33). The van der Waals surface area contributed by atoms with Crippen molar-refractivity contribution >= 4 is 57.3 Å². The molecule has 0 fully saturated rings. The molecule has 0 aliphatic rings. The van der Waals surface area contributed by atoms with E-state index in [2.05, 4.69) is 10.3 Å². The van der Waals surface area contributed by atoms with Gasteiger partial charge < -0.3 is 10.1 Å². The molecule has 7 nitrogen and oxygen atoms in total. The van der Waals surface area contributed by atoms with E-state index in [4.69, 9.17) is 17.0 Å². The number of anilines is 1. The van der Waals surface area contributed by atoms with Crippen molar-refractivity contribution in [2.45, 2.75) is 5.16 Å². The Bertz CT molecular complexity index is 1780. The Hall–Kier alpha value is -3.87. The number of rotatable bonds is 7. The molecule has 0 aliphatic heterocycles. The van der Waals surface area contributed by atoms with Crippen molar-refractivity contribution in [2.75, 3.05) is 18.2 Å². The predicted octanol–water partition coefficient (Wildman–Crippen LogP) is 5.98. The number of para-hydroxylation sites is 1. The summed E-state index contributed by atoms with van der Waals surface area (Å²) in [6.07, 6.45) is 0. The largest absolute Gasteiger partial charge is 0.497 e. The number of amides is 1. The molecule has 1 amide bonds. The number of carbonyl (C=O) groups excluding carboxylic acids is 1. The number of thioether (sulfide) groups is 1. The molecule has 0 spiro atoms. The number of hydrogen-bond acceptors (Lipinski definition) is 7. The van der Waals surface area contributed by atoms with Gasteiger partial charge in [0.15, 0.2) is 14.8 Å². The van der Waals surface area contributed by atoms with Crippen LogP contribution in [0.1, 0.15) is 0 Å². The molecule has 2 aromatic heterocycles. The fraction of sp³-hybridized carbons (Fsp3) is 0.0769. The lowest BCUT2D eigenvalue weighted by molar-refractivity contribution is -0.113. The lowest BCUT2D eigenvalue weighted by Crippen LogP contribution is -2.23. The second-order valence-corrected chi connectivity index (χ2v) is 10.5. The van der Waals surface area contributed by atoms with Crippen LogP contribution in [0.5, 0.6) is 5.75 Å². The molecule has 192 valence electrons. The first-order chi connectivity index (χ1) is 18.4. The van der Waals surface area contributed by atoms with Crippen molar-refractivity contribution in [3.8, 4) is 17.1 Å². The molecule has 0 saturated carbocycles. The van der Waals surface area contributed by atoms with Crippen molar-refractivity contribution in [2.24, 2.45) is 0 Å². The van der Waals surface area contributed by atoms with E-state index in [-0.39, 0.29) is 36.8 Å². The summed E-state index contributed by atoms with van der Waals surface area (Å²) in [5, 5.41) is 2.94. The number of methoxy groups -OCH3 is 1. The van der Waals surface area contributed by atoms with Crippen LogP contribution in [-0.4, -0.2) is 32.9 Å². The van der Waals surface area contributed by atoms with Crippen molar-refractivity contribution in [3.63, 3.8) is 0 Å². The summed E-state index contributed by atoms with van der Waals surface area (Å²) in [4.78, 5) is 31.1. The molecule has 12 heteroatoms. The van der Waals surface area contributed by atoms with Crippen LogP contribution < -0.4 is 15.6 Å². The Morgan fingerprint density at radius 1 is 1.08 bits per heavy atom. The van der Waals surface area contributed by atoms with Gasteiger partial charge in [0.25, 0.3) is 5.56 Å². The molecule has 5 rings (SSSR count). The van der Waals surface area contributed by atoms with Crippen molar-refractivity contribution in [3.05, 3.63) is 98.7 Å². The average molecular weight is 569 g/mol. The van der Waals surface area contributed by atoms with E-state index in [1.54, 1.807) is 42.5 Å². The van der Waals surface area contributed by atoms with Gasteiger partial charge in [-0.3, -0.25) is 18.7 Å². The number of nitrogens with one attached hydrogen (secondary N) is 1. The number of nitrogens with zero attached hydrogens (tertiary/aromatic N) is 3. The number of carbonyl (C=O) groups is 1. The second-order valence-electron chi connectivity index (χ2n) is 7.89. The number of benzene rings is 3. The van der Waals surface area contributed by atoms with Crippen LogP contribution in [0.25, 0.3) is 21.7 Å². The highest BCUT2D eigenvalue weighted by Crippen LogP contribution is 2.28. The molecule has 5 aromatic rings. The Balaban J connectivity index is 1.59. The lowest BCUT2D eigenvalue weighted by Gasteiger charge is -2.13. The summed E-state index contributed by atoms with van der Waals surface area (Å²) in [5.41, 5.74) is 0.757. The lowest BCUT2D eigenvalue weighted by atomic mass is 10.3. The molecule has 0 radical (unpaired) electrons. The van der Waals surface area contributed by atoms with Crippen molar-refractivity contribution in [1.82, 2.24) is 14.1 Å². The van der Waals surface area contributed by atoms with Crippen LogP contribution in [0.4, 0.5) is 14.5 Å². The van der Waals surface area contributed by atoms with E-state index >= 15 is 0 Å². The maximum atomic E-state index is 14.7. The van der Waals surface area contributed by atoms with Gasteiger partial charge in [-0.15, -0.1) is 0 Å². The summed E-state index contributed by atoms with van der Waals surface area (Å²) in [7, 11) is 1.53. The highest BCUT2D eigenvalue weighted by molar-refractivity contribution is 7.99. The number of fused-ring (bicyclic) bond motifs is 1. The molecule has 0 bridgehead atoms. The van der Waals surface area contributed by atoms with E-state index in [9.17, 15) is 18.4 Å². The van der Waals surface area contributed by atoms with Crippen molar-refractivity contribution < 1.29 is 18.3 Å². The Kier molecular flexibility index (Phi) is 7.36. The fourth-order valence-electron chi connectivity index (χ4n) is 3.72. The summed E-state index contributed by atoms with van der Waals surface area (Å²) >= 11 is 7.48. The number of thiazole rings is 1. The summed E-state index contributed by atoms with van der Waals surface area (Å²) in [6.45, 7) is 0. The number of aromatic nitrogens is 3. The second kappa shape index (κ2) is 10.9. The van der Waals surface area contributed by atoms with E-state index < -0.39 is 17.2 Å². The zero-order valence-corrected chi connectivity index (χ0v) is 22.1. The quantitative estimate of drug-likeness (QED) is 0.148. The molecule has 38 heavy (non-hydrogen) atoms. The van der Waals surface area contributed by atoms with Crippen LogP contribution in [0.2, 0.25) is 0 Å². The third-order valence-electron chi connectivity index (χ3n) is 5.44. The van der Waals surface area contributed by atoms with Gasteiger partial charge in [-0.1, -0.05) is 41.3 Å². The molecule has 1 N–H and O–H groups in total. The molecule has 0 aliphatic carbocycles. The minimum Gasteiger partial charge on any atom is -0.497 e. The zero-order chi connectivity index (χ0) is 26.8. The highest BCUT2D eigenvalue weighted by Gasteiger charge is 2.21. The maximum absolute atomic E-state index is 14.7. The Morgan fingerprint density at radius 3 is 2.58 bits per heavy atom. The SMILES string of the molecule is COc1cccc(NC(=O)CSc2nc3c(sc(=S)n3-c3ccccc3F)c(=O)n2-c2ccc(F)cc2)c1. The van der Waals surface area contributed by atoms with E-state index in [1.807, 2.05) is 0 Å². The summed E-state index contributed by atoms with van der Waals surface area (Å²) in [5.74, 6) is -0.855. The molecule has 0 unspecified atom stereocenters. The van der Waals surface area contributed by atoms with Crippen LogP contribution in [0, 0.1) is 15.6 Å². The van der Waals surface area contributed by atoms with Gasteiger partial charge in [0.05, 0.1) is 24.2 Å². The molecule has 2 heterocycles. The topological polar surface area (TPSA) is 78.2 Å². The first kappa shape index (κ1) is 25.8. The Labute approximate surface area is 228 Å². The molecule has 3 aromatic carbocycles. The molecule has 0 saturated heterocycles. The van der Waals surface area contributed by atoms with Crippen LogP contribution in [0.3, 0.4) is 0 Å². The van der Waals surface area contributed by atoms with E-state index in [0.717, 1.165) is 23.1 Å². The van der Waals surface area contributed by atoms with E-state index in [1.165, 1.54) is 46.6 Å². The van der Waals surface area contributed by atoms with Crippen molar-refractivity contribution in [1.29, 1.82) is 0 Å². The van der Waals surface area contributed by atoms with Gasteiger partial charge in [-0.05, 0) is 60.7 Å². The number of halogens is 2. The van der Waals surface area contributed by atoms with Gasteiger partial charge in [-0.2, -0.15) is 0 Å².